The van der Waals surface area contributed by atoms with Gasteiger partial charge in [0.15, 0.2) is 17.6 Å². The Hall–Kier alpha value is -1.65. The fourth-order valence-corrected chi connectivity index (χ4v) is 1.67. The lowest BCUT2D eigenvalue weighted by atomic mass is 10.1. The lowest BCUT2D eigenvalue weighted by Gasteiger charge is -2.12. The van der Waals surface area contributed by atoms with Crippen molar-refractivity contribution in [3.63, 3.8) is 0 Å². The molecule has 2 N–H and O–H groups in total. The molecular weight excluding hydrogens is 260 g/mol. The number of aliphatic imine (C=N–C) groups is 1. The molecular formula is C15H23F2N3. The van der Waals surface area contributed by atoms with Crippen molar-refractivity contribution in [2.24, 2.45) is 10.9 Å². The molecule has 3 nitrogen and oxygen atoms in total. The van der Waals surface area contributed by atoms with E-state index in [1.807, 2.05) is 6.92 Å². The summed E-state index contributed by atoms with van der Waals surface area (Å²) in [6.45, 7) is 8.16. The first-order chi connectivity index (χ1) is 9.54. The van der Waals surface area contributed by atoms with Crippen molar-refractivity contribution in [1.82, 2.24) is 10.6 Å². The number of hydrogen-bond donors (Lipinski definition) is 2. The topological polar surface area (TPSA) is 36.4 Å². The summed E-state index contributed by atoms with van der Waals surface area (Å²) < 4.78 is 26.5. The molecule has 0 saturated heterocycles. The van der Waals surface area contributed by atoms with Gasteiger partial charge in [-0.3, -0.25) is 4.99 Å². The minimum atomic E-state index is -0.803. The van der Waals surface area contributed by atoms with E-state index >= 15 is 0 Å². The minimum Gasteiger partial charge on any atom is -0.357 e. The van der Waals surface area contributed by atoms with Crippen LogP contribution in [0.1, 0.15) is 26.3 Å². The zero-order valence-electron chi connectivity index (χ0n) is 12.3. The minimum absolute atomic E-state index is 0.372. The molecule has 0 amide bonds. The molecule has 0 aromatic heterocycles. The van der Waals surface area contributed by atoms with Crippen molar-refractivity contribution in [2.75, 3.05) is 19.6 Å². The van der Waals surface area contributed by atoms with Crippen molar-refractivity contribution in [1.29, 1.82) is 0 Å². The van der Waals surface area contributed by atoms with Crippen LogP contribution >= 0.6 is 0 Å². The van der Waals surface area contributed by atoms with Gasteiger partial charge in [-0.15, -0.1) is 0 Å². The Bertz CT molecular complexity index is 445. The number of benzene rings is 1. The molecule has 0 aliphatic carbocycles. The van der Waals surface area contributed by atoms with E-state index in [1.165, 1.54) is 6.07 Å². The Morgan fingerprint density at radius 1 is 1.25 bits per heavy atom. The number of halogens is 2. The third-order valence-corrected chi connectivity index (χ3v) is 2.68. The average molecular weight is 283 g/mol. The first kappa shape index (κ1) is 16.4. The Morgan fingerprint density at radius 2 is 2.00 bits per heavy atom. The summed E-state index contributed by atoms with van der Waals surface area (Å²) in [6, 6.07) is 4.24. The molecule has 0 aliphatic heterocycles. The first-order valence-corrected chi connectivity index (χ1v) is 6.99. The molecule has 0 saturated carbocycles. The number of rotatable bonds is 6. The third-order valence-electron chi connectivity index (χ3n) is 2.68. The lowest BCUT2D eigenvalue weighted by Crippen LogP contribution is -2.38. The number of guanidine groups is 1. The molecule has 112 valence electrons. The van der Waals surface area contributed by atoms with Gasteiger partial charge < -0.3 is 10.6 Å². The van der Waals surface area contributed by atoms with Gasteiger partial charge in [0.2, 0.25) is 0 Å². The van der Waals surface area contributed by atoms with Gasteiger partial charge >= 0.3 is 0 Å². The average Bonchev–Trinajstić information content (AvgIpc) is 2.40. The maximum absolute atomic E-state index is 13.5. The van der Waals surface area contributed by atoms with Gasteiger partial charge in [0.1, 0.15) is 0 Å². The van der Waals surface area contributed by atoms with E-state index < -0.39 is 11.6 Å². The second-order valence-electron chi connectivity index (χ2n) is 5.00. The molecule has 20 heavy (non-hydrogen) atoms. The summed E-state index contributed by atoms with van der Waals surface area (Å²) in [5, 5.41) is 6.24. The molecule has 0 spiro atoms. The summed E-state index contributed by atoms with van der Waals surface area (Å²) in [7, 11) is 0. The van der Waals surface area contributed by atoms with Crippen LogP contribution in [0.25, 0.3) is 0 Å². The van der Waals surface area contributed by atoms with E-state index in [0.29, 0.717) is 30.4 Å². The molecule has 0 unspecified atom stereocenters. The van der Waals surface area contributed by atoms with Crippen LogP contribution in [0, 0.1) is 17.6 Å². The summed E-state index contributed by atoms with van der Waals surface area (Å²) in [5.74, 6) is -0.384. The van der Waals surface area contributed by atoms with Gasteiger partial charge in [0.25, 0.3) is 0 Å². The Morgan fingerprint density at radius 3 is 2.65 bits per heavy atom. The van der Waals surface area contributed by atoms with E-state index in [0.717, 1.165) is 19.2 Å². The highest BCUT2D eigenvalue weighted by molar-refractivity contribution is 5.79. The summed E-state index contributed by atoms with van der Waals surface area (Å²) >= 11 is 0. The SMILES string of the molecule is CCNC(=NCC(C)C)NCCc1cccc(F)c1F. The summed E-state index contributed by atoms with van der Waals surface area (Å²) in [4.78, 5) is 4.41. The Kier molecular flexibility index (Phi) is 6.98. The van der Waals surface area contributed by atoms with Crippen LogP contribution in [0.5, 0.6) is 0 Å². The van der Waals surface area contributed by atoms with Gasteiger partial charge in [-0.05, 0) is 30.9 Å². The van der Waals surface area contributed by atoms with E-state index in [2.05, 4.69) is 29.5 Å². The second-order valence-corrected chi connectivity index (χ2v) is 5.00. The highest BCUT2D eigenvalue weighted by Gasteiger charge is 2.07. The molecule has 1 aromatic carbocycles. The monoisotopic (exact) mass is 283 g/mol. The van der Waals surface area contributed by atoms with E-state index in [-0.39, 0.29) is 0 Å². The summed E-state index contributed by atoms with van der Waals surface area (Å²) in [5.41, 5.74) is 0.372. The van der Waals surface area contributed by atoms with Gasteiger partial charge in [-0.2, -0.15) is 0 Å². The molecule has 0 bridgehead atoms. The van der Waals surface area contributed by atoms with Crippen molar-refractivity contribution >= 4 is 5.96 Å². The predicted octanol–water partition coefficient (Wildman–Crippen LogP) is 2.72. The molecule has 1 aromatic rings. The molecule has 0 fully saturated rings. The zero-order chi connectivity index (χ0) is 15.0. The second kappa shape index (κ2) is 8.51. The van der Waals surface area contributed by atoms with Crippen LogP contribution in [-0.4, -0.2) is 25.6 Å². The Labute approximate surface area is 119 Å². The first-order valence-electron chi connectivity index (χ1n) is 6.99. The molecule has 0 heterocycles. The summed E-state index contributed by atoms with van der Waals surface area (Å²) in [6.07, 6.45) is 0.412. The largest absolute Gasteiger partial charge is 0.357 e. The molecule has 5 heteroatoms. The smallest absolute Gasteiger partial charge is 0.191 e. The van der Waals surface area contributed by atoms with E-state index in [1.54, 1.807) is 6.07 Å². The highest BCUT2D eigenvalue weighted by Crippen LogP contribution is 2.11. The van der Waals surface area contributed by atoms with Crippen LogP contribution in [0.4, 0.5) is 8.78 Å². The van der Waals surface area contributed by atoms with Crippen LogP contribution in [0.15, 0.2) is 23.2 Å². The molecule has 0 radical (unpaired) electrons. The van der Waals surface area contributed by atoms with E-state index in [4.69, 9.17) is 0 Å². The Balaban J connectivity index is 2.51. The van der Waals surface area contributed by atoms with Crippen LogP contribution in [0.3, 0.4) is 0 Å². The maximum atomic E-state index is 13.5. The van der Waals surface area contributed by atoms with Crippen molar-refractivity contribution in [2.45, 2.75) is 27.2 Å². The van der Waals surface area contributed by atoms with Crippen molar-refractivity contribution in [3.05, 3.63) is 35.4 Å². The fourth-order valence-electron chi connectivity index (χ4n) is 1.67. The van der Waals surface area contributed by atoms with Gasteiger partial charge in [-0.1, -0.05) is 26.0 Å². The van der Waals surface area contributed by atoms with Crippen LogP contribution in [0.2, 0.25) is 0 Å². The maximum Gasteiger partial charge on any atom is 0.191 e. The highest BCUT2D eigenvalue weighted by atomic mass is 19.2. The van der Waals surface area contributed by atoms with Gasteiger partial charge in [0, 0.05) is 19.6 Å². The number of hydrogen-bond acceptors (Lipinski definition) is 1. The number of nitrogens with zero attached hydrogens (tertiary/aromatic N) is 1. The number of nitrogens with one attached hydrogen (secondary N) is 2. The zero-order valence-corrected chi connectivity index (χ0v) is 12.3. The van der Waals surface area contributed by atoms with Crippen molar-refractivity contribution in [3.8, 4) is 0 Å². The van der Waals surface area contributed by atoms with Crippen LogP contribution in [-0.2, 0) is 6.42 Å². The predicted molar refractivity (Wildman–Crippen MR) is 78.9 cm³/mol. The normalized spacial score (nSPS) is 11.8. The van der Waals surface area contributed by atoms with Crippen molar-refractivity contribution < 1.29 is 8.78 Å². The van der Waals surface area contributed by atoms with Gasteiger partial charge in [-0.25, -0.2) is 8.78 Å². The van der Waals surface area contributed by atoms with E-state index in [9.17, 15) is 8.78 Å². The van der Waals surface area contributed by atoms with Gasteiger partial charge in [0.05, 0.1) is 0 Å². The molecule has 0 aliphatic rings. The molecule has 0 atom stereocenters. The fraction of sp³-hybridized carbons (Fsp3) is 0.533. The standard InChI is InChI=1S/C15H23F2N3/c1-4-18-15(20-10-11(2)3)19-9-8-12-6-5-7-13(16)14(12)17/h5-7,11H,4,8-10H2,1-3H3,(H2,18,19,20). The molecule has 1 rings (SSSR count). The van der Waals surface area contributed by atoms with Crippen LogP contribution < -0.4 is 10.6 Å². The third kappa shape index (κ3) is 5.55. The lowest BCUT2D eigenvalue weighted by molar-refractivity contribution is 0.498. The quantitative estimate of drug-likeness (QED) is 0.622.